The molecular formula is C73H133NO13. The van der Waals surface area contributed by atoms with Crippen LogP contribution in [0.1, 0.15) is 303 Å². The first-order valence-electron chi connectivity index (χ1n) is 36.0. The highest BCUT2D eigenvalue weighted by Gasteiger charge is 2.51. The second-order valence-corrected chi connectivity index (χ2v) is 25.3. The first kappa shape index (κ1) is 80.8. The van der Waals surface area contributed by atoms with Crippen LogP contribution in [0.25, 0.3) is 0 Å². The third kappa shape index (κ3) is 41.7. The molecule has 12 unspecified atom stereocenters. The Morgan fingerprint density at radius 1 is 0.425 bits per heavy atom. The SMILES string of the molecule is CC/C=C\C/C=C\C/C=C\C/C=C\CCCCCCCCCCCCCCCCCCCCCCCCCCC(=O)NC(COC1OC(CO)C(OC2OC(CO)C(O)C(O)C2O)C(O)C1O)C(O)/C=C/CCCCCCCCCCCCCCCC. The van der Waals surface area contributed by atoms with Crippen LogP contribution >= 0.6 is 0 Å². The summed E-state index contributed by atoms with van der Waals surface area (Å²) in [6.45, 7) is 2.72. The van der Waals surface area contributed by atoms with Gasteiger partial charge in [-0.15, -0.1) is 0 Å². The normalized spacial score (nSPS) is 23.6. The number of carbonyl (C=O) groups excluding carboxylic acids is 1. The highest BCUT2D eigenvalue weighted by Crippen LogP contribution is 2.30. The van der Waals surface area contributed by atoms with Crippen molar-refractivity contribution in [1.82, 2.24) is 5.32 Å². The van der Waals surface area contributed by atoms with E-state index in [1.54, 1.807) is 6.08 Å². The van der Waals surface area contributed by atoms with Crippen molar-refractivity contribution in [3.8, 4) is 0 Å². The van der Waals surface area contributed by atoms with Gasteiger partial charge in [-0.25, -0.2) is 0 Å². The molecule has 2 fully saturated rings. The highest BCUT2D eigenvalue weighted by atomic mass is 16.7. The fourth-order valence-corrected chi connectivity index (χ4v) is 11.8. The van der Waals surface area contributed by atoms with E-state index in [4.69, 9.17) is 18.9 Å². The van der Waals surface area contributed by atoms with Gasteiger partial charge in [0.05, 0.1) is 32.0 Å². The molecule has 0 spiro atoms. The molecular weight excluding hydrogens is 1100 g/mol. The van der Waals surface area contributed by atoms with Crippen molar-refractivity contribution in [2.45, 2.75) is 376 Å². The summed E-state index contributed by atoms with van der Waals surface area (Å²) in [4.78, 5) is 13.3. The molecule has 0 bridgehead atoms. The zero-order valence-electron chi connectivity index (χ0n) is 55.3. The van der Waals surface area contributed by atoms with E-state index in [0.29, 0.717) is 6.42 Å². The van der Waals surface area contributed by atoms with E-state index in [2.05, 4.69) is 67.8 Å². The molecule has 12 atom stereocenters. The maximum absolute atomic E-state index is 13.3. The number of rotatable bonds is 59. The molecule has 0 aromatic rings. The summed E-state index contributed by atoms with van der Waals surface area (Å²) in [5.41, 5.74) is 0. The maximum Gasteiger partial charge on any atom is 0.220 e. The van der Waals surface area contributed by atoms with Crippen molar-refractivity contribution in [2.75, 3.05) is 19.8 Å². The van der Waals surface area contributed by atoms with Gasteiger partial charge in [-0.3, -0.25) is 4.79 Å². The van der Waals surface area contributed by atoms with Gasteiger partial charge in [-0.1, -0.05) is 299 Å². The summed E-state index contributed by atoms with van der Waals surface area (Å²) in [5, 5.41) is 87.4. The van der Waals surface area contributed by atoms with Crippen molar-refractivity contribution >= 4 is 5.91 Å². The molecule has 2 saturated heterocycles. The summed E-state index contributed by atoms with van der Waals surface area (Å²) < 4.78 is 22.8. The number of carbonyl (C=O) groups is 1. The Hall–Kier alpha value is -2.31. The molecule has 14 nitrogen and oxygen atoms in total. The minimum Gasteiger partial charge on any atom is -0.394 e. The fourth-order valence-electron chi connectivity index (χ4n) is 11.8. The second kappa shape index (κ2) is 57.6. The van der Waals surface area contributed by atoms with Crippen LogP contribution in [0.15, 0.2) is 60.8 Å². The topological polar surface area (TPSA) is 228 Å². The van der Waals surface area contributed by atoms with Gasteiger partial charge in [0.15, 0.2) is 12.6 Å². The lowest BCUT2D eigenvalue weighted by Crippen LogP contribution is -2.65. The largest absolute Gasteiger partial charge is 0.394 e. The number of hydrogen-bond acceptors (Lipinski definition) is 13. The standard InChI is InChI=1S/C73H133NO13/c1-3-5-7-9-11-13-15-17-19-21-22-23-24-25-26-27-28-29-30-31-32-33-34-35-36-37-38-39-40-41-43-45-47-49-51-53-55-57-65(78)74-61(62(77)56-54-52-50-48-46-44-42-20-18-16-14-12-10-8-6-4-2)60-84-72-70(83)68(81)71(64(59-76)86-72)87-73-69(82)67(80)66(79)63(58-75)85-73/h5,7,11,13,17,19,22-23,54,56,61-64,66-73,75-77,79-83H,3-4,6,8-10,12,14-16,18,20-21,24-53,55,57-60H2,1-2H3,(H,74,78)/b7-5-,13-11-,19-17-,23-22-,56-54+. The number of hydrogen-bond donors (Lipinski definition) is 9. The van der Waals surface area contributed by atoms with E-state index in [1.165, 1.54) is 212 Å². The first-order valence-corrected chi connectivity index (χ1v) is 36.0. The molecule has 87 heavy (non-hydrogen) atoms. The fraction of sp³-hybridized carbons (Fsp3) is 0.849. The summed E-state index contributed by atoms with van der Waals surface area (Å²) >= 11 is 0. The van der Waals surface area contributed by atoms with Gasteiger partial charge in [-0.2, -0.15) is 0 Å². The molecule has 0 aromatic carbocycles. The van der Waals surface area contributed by atoms with Crippen LogP contribution < -0.4 is 5.32 Å². The minimum absolute atomic E-state index is 0.235. The molecule has 2 rings (SSSR count). The monoisotopic (exact) mass is 1230 g/mol. The molecule has 9 N–H and O–H groups in total. The summed E-state index contributed by atoms with van der Waals surface area (Å²) in [7, 11) is 0. The molecule has 2 aliphatic rings. The number of amides is 1. The third-order valence-corrected chi connectivity index (χ3v) is 17.5. The molecule has 0 aliphatic carbocycles. The number of aliphatic hydroxyl groups is 8. The van der Waals surface area contributed by atoms with Gasteiger partial charge in [0.1, 0.15) is 48.8 Å². The molecule has 14 heteroatoms. The molecule has 0 saturated carbocycles. The first-order chi connectivity index (χ1) is 42.6. The zero-order valence-corrected chi connectivity index (χ0v) is 55.3. The smallest absolute Gasteiger partial charge is 0.220 e. The third-order valence-electron chi connectivity index (χ3n) is 17.5. The van der Waals surface area contributed by atoms with E-state index in [9.17, 15) is 45.6 Å². The molecule has 0 aromatic heterocycles. The zero-order chi connectivity index (χ0) is 63.1. The Balaban J connectivity index is 1.58. The van der Waals surface area contributed by atoms with Crippen molar-refractivity contribution in [1.29, 1.82) is 0 Å². The van der Waals surface area contributed by atoms with Gasteiger partial charge >= 0.3 is 0 Å². The summed E-state index contributed by atoms with van der Waals surface area (Å²) in [6.07, 6.45) is 60.1. The van der Waals surface area contributed by atoms with Crippen LogP contribution in [0.3, 0.4) is 0 Å². The predicted octanol–water partition coefficient (Wildman–Crippen LogP) is 14.8. The highest BCUT2D eigenvalue weighted by molar-refractivity contribution is 5.76. The van der Waals surface area contributed by atoms with Crippen molar-refractivity contribution < 1.29 is 64.6 Å². The van der Waals surface area contributed by atoms with Crippen LogP contribution in [-0.4, -0.2) is 140 Å². The Morgan fingerprint density at radius 2 is 0.793 bits per heavy atom. The number of allylic oxidation sites excluding steroid dienone is 9. The average molecular weight is 1230 g/mol. The van der Waals surface area contributed by atoms with E-state index in [1.807, 2.05) is 6.08 Å². The summed E-state index contributed by atoms with van der Waals surface area (Å²) in [5.74, 6) is -0.235. The lowest BCUT2D eigenvalue weighted by Gasteiger charge is -2.46. The van der Waals surface area contributed by atoms with Crippen LogP contribution in [0.4, 0.5) is 0 Å². The van der Waals surface area contributed by atoms with Crippen LogP contribution in [0, 0.1) is 0 Å². The number of ether oxygens (including phenoxy) is 4. The molecule has 2 aliphatic heterocycles. The quantitative estimate of drug-likeness (QED) is 0.0204. The van der Waals surface area contributed by atoms with E-state index >= 15 is 0 Å². The van der Waals surface area contributed by atoms with E-state index in [0.717, 1.165) is 64.2 Å². The number of nitrogens with one attached hydrogen (secondary N) is 1. The Morgan fingerprint density at radius 3 is 1.22 bits per heavy atom. The van der Waals surface area contributed by atoms with Crippen LogP contribution in [0.2, 0.25) is 0 Å². The van der Waals surface area contributed by atoms with Crippen LogP contribution in [-0.2, 0) is 23.7 Å². The molecule has 0 radical (unpaired) electrons. The lowest BCUT2D eigenvalue weighted by atomic mass is 9.97. The van der Waals surface area contributed by atoms with Gasteiger partial charge < -0.3 is 65.1 Å². The number of aliphatic hydroxyl groups excluding tert-OH is 8. The van der Waals surface area contributed by atoms with Gasteiger partial charge in [-0.05, 0) is 57.8 Å². The van der Waals surface area contributed by atoms with Crippen molar-refractivity contribution in [3.63, 3.8) is 0 Å². The van der Waals surface area contributed by atoms with Gasteiger partial charge in [0, 0.05) is 6.42 Å². The Labute approximate surface area is 530 Å². The molecule has 1 amide bonds. The number of unbranched alkanes of at least 4 members (excludes halogenated alkanes) is 38. The van der Waals surface area contributed by atoms with E-state index < -0.39 is 86.8 Å². The molecule has 2 heterocycles. The Kier molecular flexibility index (Phi) is 53.5. The maximum atomic E-state index is 13.3. The van der Waals surface area contributed by atoms with Crippen molar-refractivity contribution in [3.05, 3.63) is 60.8 Å². The van der Waals surface area contributed by atoms with Crippen LogP contribution in [0.5, 0.6) is 0 Å². The van der Waals surface area contributed by atoms with Crippen molar-refractivity contribution in [2.24, 2.45) is 0 Å². The lowest BCUT2D eigenvalue weighted by molar-refractivity contribution is -0.359. The summed E-state index contributed by atoms with van der Waals surface area (Å²) in [6, 6.07) is -0.914. The van der Waals surface area contributed by atoms with Gasteiger partial charge in [0.25, 0.3) is 0 Å². The predicted molar refractivity (Wildman–Crippen MR) is 355 cm³/mol. The molecule has 508 valence electrons. The van der Waals surface area contributed by atoms with Gasteiger partial charge in [0.2, 0.25) is 5.91 Å². The van der Waals surface area contributed by atoms with E-state index in [-0.39, 0.29) is 18.9 Å². The average Bonchev–Trinajstić information content (AvgIpc) is 2.36. The Bertz CT molecular complexity index is 1690. The minimum atomic E-state index is -1.79. The second-order valence-electron chi connectivity index (χ2n) is 25.3.